The van der Waals surface area contributed by atoms with Gasteiger partial charge >= 0.3 is 0 Å². The van der Waals surface area contributed by atoms with Crippen LogP contribution in [0.2, 0.25) is 5.02 Å². The van der Waals surface area contributed by atoms with Crippen LogP contribution in [-0.2, 0) is 19.3 Å². The second-order valence-electron chi connectivity index (χ2n) is 5.68. The van der Waals surface area contributed by atoms with Crippen LogP contribution in [-0.4, -0.2) is 7.05 Å². The lowest BCUT2D eigenvalue weighted by Gasteiger charge is -2.18. The Morgan fingerprint density at radius 1 is 1.14 bits per heavy atom. The van der Waals surface area contributed by atoms with Crippen LogP contribution in [0.25, 0.3) is 0 Å². The highest BCUT2D eigenvalue weighted by molar-refractivity contribution is 6.30. The fraction of sp³-hybridized carbons (Fsp3) is 0.333. The van der Waals surface area contributed by atoms with Crippen molar-refractivity contribution in [2.75, 3.05) is 7.05 Å². The average Bonchev–Trinajstić information content (AvgIpc) is 2.95. The van der Waals surface area contributed by atoms with E-state index in [2.05, 4.69) is 23.5 Å². The second kappa shape index (κ2) is 6.17. The van der Waals surface area contributed by atoms with Crippen molar-refractivity contribution < 1.29 is 4.39 Å². The summed E-state index contributed by atoms with van der Waals surface area (Å²) < 4.78 is 13.6. The van der Waals surface area contributed by atoms with Crippen molar-refractivity contribution in [3.8, 4) is 0 Å². The molecule has 110 valence electrons. The van der Waals surface area contributed by atoms with E-state index < -0.39 is 0 Å². The molecule has 1 aliphatic carbocycles. The molecule has 1 nitrogen and oxygen atoms in total. The summed E-state index contributed by atoms with van der Waals surface area (Å²) in [6.07, 6.45) is 4.50. The highest BCUT2D eigenvalue weighted by Gasteiger charge is 2.15. The van der Waals surface area contributed by atoms with Gasteiger partial charge < -0.3 is 5.32 Å². The van der Waals surface area contributed by atoms with Gasteiger partial charge in [-0.15, -0.1) is 0 Å². The van der Waals surface area contributed by atoms with Crippen LogP contribution in [0.15, 0.2) is 36.4 Å². The van der Waals surface area contributed by atoms with E-state index in [1.807, 2.05) is 13.1 Å². The fourth-order valence-electron chi connectivity index (χ4n) is 3.10. The predicted molar refractivity (Wildman–Crippen MR) is 85.4 cm³/mol. The monoisotopic (exact) mass is 303 g/mol. The molecule has 0 heterocycles. The van der Waals surface area contributed by atoms with E-state index in [-0.39, 0.29) is 16.9 Å². The van der Waals surface area contributed by atoms with Crippen molar-refractivity contribution in [1.29, 1.82) is 0 Å². The number of halogens is 2. The van der Waals surface area contributed by atoms with Gasteiger partial charge in [-0.05, 0) is 67.1 Å². The van der Waals surface area contributed by atoms with Crippen molar-refractivity contribution in [2.24, 2.45) is 0 Å². The smallest absolute Gasteiger partial charge is 0.142 e. The van der Waals surface area contributed by atoms with Crippen LogP contribution in [0, 0.1) is 5.82 Å². The molecule has 0 saturated heterocycles. The molecule has 0 fully saturated rings. The molecule has 1 N–H and O–H groups in total. The first kappa shape index (κ1) is 14.6. The summed E-state index contributed by atoms with van der Waals surface area (Å²) in [6.45, 7) is 0. The summed E-state index contributed by atoms with van der Waals surface area (Å²) in [5, 5.41) is 3.44. The van der Waals surface area contributed by atoms with Gasteiger partial charge in [0.05, 0.1) is 5.02 Å². The van der Waals surface area contributed by atoms with E-state index in [0.717, 1.165) is 12.0 Å². The lowest BCUT2D eigenvalue weighted by Crippen LogP contribution is -2.19. The third-order valence-corrected chi connectivity index (χ3v) is 4.60. The Balaban J connectivity index is 1.82. The van der Waals surface area contributed by atoms with Crippen molar-refractivity contribution in [3.63, 3.8) is 0 Å². The molecule has 3 rings (SSSR count). The zero-order valence-corrected chi connectivity index (χ0v) is 12.9. The minimum Gasteiger partial charge on any atom is -0.313 e. The van der Waals surface area contributed by atoms with E-state index >= 15 is 0 Å². The first-order valence-electron chi connectivity index (χ1n) is 7.40. The van der Waals surface area contributed by atoms with E-state index in [1.165, 1.54) is 42.0 Å². The van der Waals surface area contributed by atoms with Crippen molar-refractivity contribution in [3.05, 3.63) is 69.5 Å². The van der Waals surface area contributed by atoms with Gasteiger partial charge in [0.15, 0.2) is 0 Å². The summed E-state index contributed by atoms with van der Waals surface area (Å²) in [6, 6.07) is 11.9. The molecule has 0 amide bonds. The maximum Gasteiger partial charge on any atom is 0.142 e. The number of rotatable bonds is 4. The number of hydrogen-bond donors (Lipinski definition) is 1. The van der Waals surface area contributed by atoms with Gasteiger partial charge in [-0.1, -0.05) is 35.9 Å². The van der Waals surface area contributed by atoms with Gasteiger partial charge in [0.1, 0.15) is 5.82 Å². The van der Waals surface area contributed by atoms with Crippen molar-refractivity contribution in [2.45, 2.75) is 31.7 Å². The van der Waals surface area contributed by atoms with E-state index in [0.29, 0.717) is 0 Å². The second-order valence-corrected chi connectivity index (χ2v) is 6.08. The first-order valence-corrected chi connectivity index (χ1v) is 7.78. The zero-order valence-electron chi connectivity index (χ0n) is 12.1. The molecule has 0 bridgehead atoms. The molecule has 3 heteroatoms. The van der Waals surface area contributed by atoms with Crippen LogP contribution in [0.1, 0.15) is 34.7 Å². The van der Waals surface area contributed by atoms with E-state index in [1.54, 1.807) is 6.07 Å². The standard InChI is InChI=1S/C18H19ClFN/c1-21-18(15-7-8-16(19)17(20)11-15)10-12-5-6-13-3-2-4-14(13)9-12/h5-9,11,18,21H,2-4,10H2,1H3. The number of likely N-dealkylation sites (N-methyl/N-ethyl adjacent to an activating group) is 1. The molecule has 0 spiro atoms. The number of hydrogen-bond acceptors (Lipinski definition) is 1. The summed E-state index contributed by atoms with van der Waals surface area (Å²) in [7, 11) is 1.91. The Bertz CT molecular complexity index is 654. The van der Waals surface area contributed by atoms with Crippen LogP contribution in [0.3, 0.4) is 0 Å². The topological polar surface area (TPSA) is 12.0 Å². The zero-order chi connectivity index (χ0) is 14.8. The molecule has 0 saturated carbocycles. The van der Waals surface area contributed by atoms with Crippen LogP contribution >= 0.6 is 11.6 Å². The maximum absolute atomic E-state index is 13.6. The molecule has 0 radical (unpaired) electrons. The van der Waals surface area contributed by atoms with Crippen LogP contribution in [0.4, 0.5) is 4.39 Å². The molecular formula is C18H19ClFN. The van der Waals surface area contributed by atoms with Gasteiger partial charge in [0.2, 0.25) is 0 Å². The SMILES string of the molecule is CNC(Cc1ccc2c(c1)CCC2)c1ccc(Cl)c(F)c1. The third kappa shape index (κ3) is 3.12. The first-order chi connectivity index (χ1) is 10.2. The van der Waals surface area contributed by atoms with Crippen molar-refractivity contribution >= 4 is 11.6 Å². The Hall–Kier alpha value is -1.38. The Kier molecular flexibility index (Phi) is 4.27. The normalized spacial score (nSPS) is 15.0. The fourth-order valence-corrected chi connectivity index (χ4v) is 3.22. The van der Waals surface area contributed by atoms with Gasteiger partial charge in [-0.3, -0.25) is 0 Å². The quantitative estimate of drug-likeness (QED) is 0.878. The molecule has 0 aromatic heterocycles. The lowest BCUT2D eigenvalue weighted by molar-refractivity contribution is 0.577. The van der Waals surface area contributed by atoms with Gasteiger partial charge in [0.25, 0.3) is 0 Å². The molecule has 1 unspecified atom stereocenters. The van der Waals surface area contributed by atoms with Gasteiger partial charge in [-0.2, -0.15) is 0 Å². The molecule has 0 aliphatic heterocycles. The van der Waals surface area contributed by atoms with Crippen LogP contribution in [0.5, 0.6) is 0 Å². The number of fused-ring (bicyclic) bond motifs is 1. The predicted octanol–water partition coefficient (Wildman–Crippen LogP) is 4.47. The molecule has 2 aromatic rings. The maximum atomic E-state index is 13.6. The summed E-state index contributed by atoms with van der Waals surface area (Å²) in [4.78, 5) is 0. The minimum absolute atomic E-state index is 0.0937. The molecule has 2 aromatic carbocycles. The Morgan fingerprint density at radius 2 is 1.95 bits per heavy atom. The van der Waals surface area contributed by atoms with Crippen LogP contribution < -0.4 is 5.32 Å². The largest absolute Gasteiger partial charge is 0.313 e. The van der Waals surface area contributed by atoms with E-state index in [4.69, 9.17) is 11.6 Å². The average molecular weight is 304 g/mol. The van der Waals surface area contributed by atoms with E-state index in [9.17, 15) is 4.39 Å². The number of aryl methyl sites for hydroxylation is 2. The third-order valence-electron chi connectivity index (χ3n) is 4.30. The lowest BCUT2D eigenvalue weighted by atomic mass is 9.96. The summed E-state index contributed by atoms with van der Waals surface area (Å²) >= 11 is 5.76. The number of nitrogens with one attached hydrogen (secondary N) is 1. The van der Waals surface area contributed by atoms with Crippen molar-refractivity contribution in [1.82, 2.24) is 5.32 Å². The Labute approximate surface area is 130 Å². The van der Waals surface area contributed by atoms with Gasteiger partial charge in [-0.25, -0.2) is 4.39 Å². The molecular weight excluding hydrogens is 285 g/mol. The number of benzene rings is 2. The highest BCUT2D eigenvalue weighted by Crippen LogP contribution is 2.26. The minimum atomic E-state index is -0.358. The van der Waals surface area contributed by atoms with Gasteiger partial charge in [0, 0.05) is 6.04 Å². The summed E-state index contributed by atoms with van der Waals surface area (Å²) in [5.41, 5.74) is 5.19. The highest BCUT2D eigenvalue weighted by atomic mass is 35.5. The molecule has 1 atom stereocenters. The molecule has 1 aliphatic rings. The molecule has 21 heavy (non-hydrogen) atoms. The Morgan fingerprint density at radius 3 is 2.71 bits per heavy atom. The summed E-state index contributed by atoms with van der Waals surface area (Å²) in [5.74, 6) is -0.358.